The molecule has 3 rings (SSSR count). The Balaban J connectivity index is 1.57. The SMILES string of the molecule is CNCc1cccc(OCC2Cc3ccccc3S2)c1. The van der Waals surface area contributed by atoms with Crippen LogP contribution in [-0.2, 0) is 13.0 Å². The third-order valence-corrected chi connectivity index (χ3v) is 4.72. The highest BCUT2D eigenvalue weighted by Crippen LogP contribution is 2.36. The second-order valence-electron chi connectivity index (χ2n) is 5.04. The Bertz CT molecular complexity index is 560. The molecule has 1 heterocycles. The Morgan fingerprint density at radius 2 is 2.10 bits per heavy atom. The highest BCUT2D eigenvalue weighted by molar-refractivity contribution is 8.00. The highest BCUT2D eigenvalue weighted by atomic mass is 32.2. The van der Waals surface area contributed by atoms with Crippen LogP contribution in [-0.4, -0.2) is 18.9 Å². The van der Waals surface area contributed by atoms with Gasteiger partial charge in [-0.15, -0.1) is 11.8 Å². The molecule has 0 amide bonds. The Morgan fingerprint density at radius 1 is 1.20 bits per heavy atom. The van der Waals surface area contributed by atoms with Gasteiger partial charge in [0.15, 0.2) is 0 Å². The van der Waals surface area contributed by atoms with Crippen molar-refractivity contribution in [2.75, 3.05) is 13.7 Å². The Hall–Kier alpha value is -1.45. The summed E-state index contributed by atoms with van der Waals surface area (Å²) in [6.07, 6.45) is 1.11. The van der Waals surface area contributed by atoms with Gasteiger partial charge in [-0.3, -0.25) is 0 Å². The number of fused-ring (bicyclic) bond motifs is 1. The van der Waals surface area contributed by atoms with E-state index in [0.717, 1.165) is 25.3 Å². The van der Waals surface area contributed by atoms with Gasteiger partial charge in [0.25, 0.3) is 0 Å². The van der Waals surface area contributed by atoms with Gasteiger partial charge >= 0.3 is 0 Å². The van der Waals surface area contributed by atoms with Crippen LogP contribution in [0.4, 0.5) is 0 Å². The molecule has 3 heteroatoms. The standard InChI is InChI=1S/C17H19NOS/c1-18-11-13-5-4-7-15(9-13)19-12-16-10-14-6-2-3-8-17(14)20-16/h2-9,16,18H,10-12H2,1H3. The van der Waals surface area contributed by atoms with Crippen molar-refractivity contribution in [2.24, 2.45) is 0 Å². The number of hydrogen-bond acceptors (Lipinski definition) is 3. The summed E-state index contributed by atoms with van der Waals surface area (Å²) in [7, 11) is 1.96. The first-order valence-corrected chi connectivity index (χ1v) is 7.84. The van der Waals surface area contributed by atoms with Crippen LogP contribution in [0.3, 0.4) is 0 Å². The zero-order valence-electron chi connectivity index (χ0n) is 11.6. The molecule has 0 aromatic heterocycles. The van der Waals surface area contributed by atoms with Crippen molar-refractivity contribution in [3.8, 4) is 5.75 Å². The van der Waals surface area contributed by atoms with Crippen molar-refractivity contribution < 1.29 is 4.74 Å². The molecule has 0 bridgehead atoms. The summed E-state index contributed by atoms with van der Waals surface area (Å²) in [6.45, 7) is 1.64. The van der Waals surface area contributed by atoms with Crippen LogP contribution in [0.25, 0.3) is 0 Å². The predicted molar refractivity (Wildman–Crippen MR) is 84.5 cm³/mol. The van der Waals surface area contributed by atoms with Gasteiger partial charge in [0.1, 0.15) is 12.4 Å². The maximum absolute atomic E-state index is 5.96. The van der Waals surface area contributed by atoms with Crippen molar-refractivity contribution in [1.82, 2.24) is 5.32 Å². The minimum atomic E-state index is 0.528. The smallest absolute Gasteiger partial charge is 0.119 e. The molecule has 104 valence electrons. The molecule has 1 aliphatic heterocycles. The quantitative estimate of drug-likeness (QED) is 0.908. The van der Waals surface area contributed by atoms with E-state index in [9.17, 15) is 0 Å². The fourth-order valence-corrected chi connectivity index (χ4v) is 3.70. The summed E-state index contributed by atoms with van der Waals surface area (Å²) in [6, 6.07) is 17.0. The van der Waals surface area contributed by atoms with Gasteiger partial charge < -0.3 is 10.1 Å². The van der Waals surface area contributed by atoms with Crippen molar-refractivity contribution in [3.63, 3.8) is 0 Å². The van der Waals surface area contributed by atoms with Gasteiger partial charge in [-0.1, -0.05) is 30.3 Å². The molecule has 0 saturated heterocycles. The molecule has 1 atom stereocenters. The number of ether oxygens (including phenoxy) is 1. The molecule has 1 unspecified atom stereocenters. The topological polar surface area (TPSA) is 21.3 Å². The van der Waals surface area contributed by atoms with E-state index >= 15 is 0 Å². The molecule has 20 heavy (non-hydrogen) atoms. The minimum absolute atomic E-state index is 0.528. The second kappa shape index (κ2) is 6.33. The molecule has 2 aromatic carbocycles. The van der Waals surface area contributed by atoms with E-state index in [0.29, 0.717) is 5.25 Å². The largest absolute Gasteiger partial charge is 0.492 e. The van der Waals surface area contributed by atoms with E-state index < -0.39 is 0 Å². The van der Waals surface area contributed by atoms with Gasteiger partial charge in [0.05, 0.1) is 0 Å². The minimum Gasteiger partial charge on any atom is -0.492 e. The Labute approximate surface area is 124 Å². The van der Waals surface area contributed by atoms with E-state index in [2.05, 4.69) is 47.8 Å². The molecule has 0 radical (unpaired) electrons. The molecule has 2 nitrogen and oxygen atoms in total. The third kappa shape index (κ3) is 3.17. The fourth-order valence-electron chi connectivity index (χ4n) is 2.49. The molecule has 1 aliphatic rings. The maximum atomic E-state index is 5.96. The van der Waals surface area contributed by atoms with Crippen molar-refractivity contribution in [1.29, 1.82) is 0 Å². The van der Waals surface area contributed by atoms with Crippen molar-refractivity contribution in [3.05, 3.63) is 59.7 Å². The highest BCUT2D eigenvalue weighted by Gasteiger charge is 2.22. The molecule has 0 fully saturated rings. The van der Waals surface area contributed by atoms with Gasteiger partial charge in [0, 0.05) is 16.7 Å². The Kier molecular flexibility index (Phi) is 4.28. The van der Waals surface area contributed by atoms with Crippen molar-refractivity contribution >= 4 is 11.8 Å². The number of benzene rings is 2. The summed E-state index contributed by atoms with van der Waals surface area (Å²) in [5, 5.41) is 3.69. The van der Waals surface area contributed by atoms with Crippen LogP contribution in [0.5, 0.6) is 5.75 Å². The van der Waals surface area contributed by atoms with Crippen LogP contribution in [0, 0.1) is 0 Å². The monoisotopic (exact) mass is 285 g/mol. The number of hydrogen-bond donors (Lipinski definition) is 1. The predicted octanol–water partition coefficient (Wildman–Crippen LogP) is 3.50. The average molecular weight is 285 g/mol. The van der Waals surface area contributed by atoms with E-state index in [-0.39, 0.29) is 0 Å². The molecule has 0 saturated carbocycles. The van der Waals surface area contributed by atoms with Gasteiger partial charge in [-0.25, -0.2) is 0 Å². The second-order valence-corrected chi connectivity index (χ2v) is 6.38. The van der Waals surface area contributed by atoms with E-state index in [1.54, 1.807) is 0 Å². The lowest BCUT2D eigenvalue weighted by Crippen LogP contribution is -2.13. The van der Waals surface area contributed by atoms with Crippen LogP contribution < -0.4 is 10.1 Å². The lowest BCUT2D eigenvalue weighted by molar-refractivity contribution is 0.317. The first-order valence-electron chi connectivity index (χ1n) is 6.96. The fraction of sp³-hybridized carbons (Fsp3) is 0.294. The summed E-state index contributed by atoms with van der Waals surface area (Å²) >= 11 is 1.93. The van der Waals surface area contributed by atoms with Crippen LogP contribution in [0.15, 0.2) is 53.4 Å². The molecule has 0 aliphatic carbocycles. The molecule has 2 aromatic rings. The van der Waals surface area contributed by atoms with E-state index in [1.807, 2.05) is 24.9 Å². The average Bonchev–Trinajstić information content (AvgIpc) is 2.89. The molecule has 1 N–H and O–H groups in total. The zero-order valence-corrected chi connectivity index (χ0v) is 12.5. The Morgan fingerprint density at radius 3 is 2.95 bits per heavy atom. The third-order valence-electron chi connectivity index (χ3n) is 3.43. The first kappa shape index (κ1) is 13.5. The van der Waals surface area contributed by atoms with Gasteiger partial charge in [0.2, 0.25) is 0 Å². The normalized spacial score (nSPS) is 16.9. The van der Waals surface area contributed by atoms with Crippen LogP contribution in [0.2, 0.25) is 0 Å². The van der Waals surface area contributed by atoms with Crippen LogP contribution >= 0.6 is 11.8 Å². The molecular weight excluding hydrogens is 266 g/mol. The van der Waals surface area contributed by atoms with E-state index in [4.69, 9.17) is 4.74 Å². The molecule has 0 spiro atoms. The van der Waals surface area contributed by atoms with E-state index in [1.165, 1.54) is 16.0 Å². The summed E-state index contributed by atoms with van der Waals surface area (Å²) in [5.74, 6) is 0.967. The zero-order chi connectivity index (χ0) is 13.8. The van der Waals surface area contributed by atoms with Gasteiger partial charge in [-0.2, -0.15) is 0 Å². The van der Waals surface area contributed by atoms with Crippen LogP contribution in [0.1, 0.15) is 11.1 Å². The lowest BCUT2D eigenvalue weighted by atomic mass is 10.1. The number of nitrogens with one attached hydrogen (secondary N) is 1. The lowest BCUT2D eigenvalue weighted by Gasteiger charge is -2.12. The van der Waals surface area contributed by atoms with Gasteiger partial charge in [-0.05, 0) is 42.8 Å². The summed E-state index contributed by atoms with van der Waals surface area (Å²) < 4.78 is 5.96. The van der Waals surface area contributed by atoms with Crippen molar-refractivity contribution in [2.45, 2.75) is 23.1 Å². The number of thioether (sulfide) groups is 1. The summed E-state index contributed by atoms with van der Waals surface area (Å²) in [4.78, 5) is 1.41. The first-order chi connectivity index (χ1) is 9.85. The summed E-state index contributed by atoms with van der Waals surface area (Å²) in [5.41, 5.74) is 2.71. The molecular formula is C17H19NOS. The number of rotatable bonds is 5. The maximum Gasteiger partial charge on any atom is 0.119 e.